The minimum Gasteiger partial charge on any atom is -0.481 e. The molecule has 88 valence electrons. The van der Waals surface area contributed by atoms with Crippen LogP contribution in [-0.2, 0) is 16.6 Å². The van der Waals surface area contributed by atoms with Crippen LogP contribution in [0.2, 0.25) is 0 Å². The van der Waals surface area contributed by atoms with E-state index >= 15 is 0 Å². The van der Waals surface area contributed by atoms with Gasteiger partial charge < -0.3 is 5.11 Å². The third kappa shape index (κ3) is 1.49. The minimum absolute atomic E-state index is 0.0901. The van der Waals surface area contributed by atoms with Gasteiger partial charge in [-0.2, -0.15) is 0 Å². The molecule has 1 heterocycles. The smallest absolute Gasteiger partial charge is 0.315 e. The molecule has 2 rings (SSSR count). The van der Waals surface area contributed by atoms with Gasteiger partial charge in [0.05, 0.1) is 0 Å². The second kappa shape index (κ2) is 3.59. The Morgan fingerprint density at radius 3 is 2.56 bits per heavy atom. The number of carboxylic acid groups (broad SMARTS) is 1. The van der Waals surface area contributed by atoms with E-state index in [-0.39, 0.29) is 5.41 Å². The van der Waals surface area contributed by atoms with Gasteiger partial charge in [0.25, 0.3) is 0 Å². The zero-order chi connectivity index (χ0) is 12.0. The SMILES string of the molecule is CCCc1ccc(C2(C(=O)O)CC2(C)C)s1. The highest BCUT2D eigenvalue weighted by Crippen LogP contribution is 2.65. The minimum atomic E-state index is -0.664. The molecule has 1 aliphatic rings. The van der Waals surface area contributed by atoms with Crippen LogP contribution in [0.1, 0.15) is 43.4 Å². The Morgan fingerprint density at radius 1 is 1.50 bits per heavy atom. The van der Waals surface area contributed by atoms with E-state index in [9.17, 15) is 9.90 Å². The maximum atomic E-state index is 11.5. The Bertz CT molecular complexity index is 419. The van der Waals surface area contributed by atoms with Gasteiger partial charge in [0.15, 0.2) is 0 Å². The van der Waals surface area contributed by atoms with E-state index in [1.165, 1.54) is 4.88 Å². The van der Waals surface area contributed by atoms with Gasteiger partial charge in [0.2, 0.25) is 0 Å². The lowest BCUT2D eigenvalue weighted by molar-refractivity contribution is -0.140. The fourth-order valence-electron chi connectivity index (χ4n) is 2.50. The summed E-state index contributed by atoms with van der Waals surface area (Å²) in [5.74, 6) is -0.664. The van der Waals surface area contributed by atoms with Gasteiger partial charge in [-0.15, -0.1) is 11.3 Å². The normalized spacial score (nSPS) is 26.7. The molecule has 0 radical (unpaired) electrons. The summed E-state index contributed by atoms with van der Waals surface area (Å²) in [6.45, 7) is 6.23. The molecule has 16 heavy (non-hydrogen) atoms. The molecule has 0 bridgehead atoms. The first-order valence-corrected chi connectivity index (χ1v) is 6.58. The van der Waals surface area contributed by atoms with Gasteiger partial charge in [0.1, 0.15) is 5.41 Å². The molecule has 1 saturated carbocycles. The molecule has 3 heteroatoms. The lowest BCUT2D eigenvalue weighted by atomic mass is 9.94. The summed E-state index contributed by atoms with van der Waals surface area (Å²) in [7, 11) is 0. The van der Waals surface area contributed by atoms with Crippen molar-refractivity contribution in [2.24, 2.45) is 5.41 Å². The fraction of sp³-hybridized carbons (Fsp3) is 0.615. The molecular weight excluding hydrogens is 220 g/mol. The fourth-order valence-corrected chi connectivity index (χ4v) is 3.97. The van der Waals surface area contributed by atoms with E-state index in [2.05, 4.69) is 13.0 Å². The second-order valence-corrected chi connectivity index (χ2v) is 6.46. The first-order chi connectivity index (χ1) is 7.44. The number of hydrogen-bond acceptors (Lipinski definition) is 2. The zero-order valence-electron chi connectivity index (χ0n) is 10.0. The van der Waals surface area contributed by atoms with Crippen LogP contribution in [0.4, 0.5) is 0 Å². The highest BCUT2D eigenvalue weighted by Gasteiger charge is 2.68. The number of hydrogen-bond donors (Lipinski definition) is 1. The van der Waals surface area contributed by atoms with Crippen molar-refractivity contribution >= 4 is 17.3 Å². The molecule has 2 nitrogen and oxygen atoms in total. The quantitative estimate of drug-likeness (QED) is 0.872. The topological polar surface area (TPSA) is 37.3 Å². The Balaban J connectivity index is 2.32. The third-order valence-electron chi connectivity index (χ3n) is 3.68. The maximum absolute atomic E-state index is 11.5. The Hall–Kier alpha value is -0.830. The van der Waals surface area contributed by atoms with Crippen molar-refractivity contribution in [2.75, 3.05) is 0 Å². The Kier molecular flexibility index (Phi) is 2.61. The van der Waals surface area contributed by atoms with Crippen LogP contribution in [0.15, 0.2) is 12.1 Å². The van der Waals surface area contributed by atoms with Crippen LogP contribution in [0.5, 0.6) is 0 Å². The van der Waals surface area contributed by atoms with E-state index in [1.807, 2.05) is 19.9 Å². The number of aryl methyl sites for hydroxylation is 1. The van der Waals surface area contributed by atoms with Crippen molar-refractivity contribution in [3.8, 4) is 0 Å². The first kappa shape index (κ1) is 11.6. The molecule has 0 saturated heterocycles. The van der Waals surface area contributed by atoms with Crippen molar-refractivity contribution < 1.29 is 9.90 Å². The summed E-state index contributed by atoms with van der Waals surface area (Å²) >= 11 is 1.68. The molecule has 1 atom stereocenters. The van der Waals surface area contributed by atoms with Gasteiger partial charge in [-0.3, -0.25) is 4.79 Å². The summed E-state index contributed by atoms with van der Waals surface area (Å²) in [6.07, 6.45) is 2.94. The number of carboxylic acids is 1. The van der Waals surface area contributed by atoms with Crippen LogP contribution in [0.3, 0.4) is 0 Å². The largest absolute Gasteiger partial charge is 0.481 e. The van der Waals surface area contributed by atoms with Gasteiger partial charge in [0, 0.05) is 9.75 Å². The van der Waals surface area contributed by atoms with Crippen LogP contribution in [0, 0.1) is 5.41 Å². The summed E-state index contributed by atoms with van der Waals surface area (Å²) < 4.78 is 0. The molecule has 1 aliphatic carbocycles. The van der Waals surface area contributed by atoms with Gasteiger partial charge in [-0.1, -0.05) is 27.2 Å². The average Bonchev–Trinajstić information content (AvgIpc) is 2.59. The lowest BCUT2D eigenvalue weighted by Crippen LogP contribution is -2.24. The summed E-state index contributed by atoms with van der Waals surface area (Å²) in [5, 5.41) is 9.44. The van der Waals surface area contributed by atoms with Gasteiger partial charge in [-0.25, -0.2) is 0 Å². The lowest BCUT2D eigenvalue weighted by Gasteiger charge is -2.13. The van der Waals surface area contributed by atoms with E-state index in [4.69, 9.17) is 0 Å². The summed E-state index contributed by atoms with van der Waals surface area (Å²) in [4.78, 5) is 13.8. The predicted molar refractivity (Wildman–Crippen MR) is 66.0 cm³/mol. The molecule has 0 aliphatic heterocycles. The average molecular weight is 238 g/mol. The maximum Gasteiger partial charge on any atom is 0.315 e. The van der Waals surface area contributed by atoms with E-state index in [0.717, 1.165) is 24.1 Å². The number of carbonyl (C=O) groups is 1. The summed E-state index contributed by atoms with van der Waals surface area (Å²) in [6, 6.07) is 4.10. The third-order valence-corrected chi connectivity index (χ3v) is 4.99. The highest BCUT2D eigenvalue weighted by molar-refractivity contribution is 7.12. The molecule has 1 aromatic rings. The van der Waals surface area contributed by atoms with Crippen molar-refractivity contribution in [3.05, 3.63) is 21.9 Å². The standard InChI is InChI=1S/C13H18O2S/c1-4-5-9-6-7-10(16-9)13(11(14)15)8-12(13,2)3/h6-7H,4-5,8H2,1-3H3,(H,14,15). The molecule has 1 N–H and O–H groups in total. The predicted octanol–water partition coefficient (Wildman–Crippen LogP) is 3.45. The molecule has 0 amide bonds. The van der Waals surface area contributed by atoms with E-state index in [0.29, 0.717) is 0 Å². The molecule has 0 aromatic carbocycles. The van der Waals surface area contributed by atoms with Crippen LogP contribution >= 0.6 is 11.3 Å². The zero-order valence-corrected chi connectivity index (χ0v) is 10.9. The number of thiophene rings is 1. The van der Waals surface area contributed by atoms with Crippen LogP contribution < -0.4 is 0 Å². The molecule has 0 spiro atoms. The van der Waals surface area contributed by atoms with Crippen molar-refractivity contribution in [1.82, 2.24) is 0 Å². The Labute approximate surface area is 100 Å². The van der Waals surface area contributed by atoms with Crippen LogP contribution in [-0.4, -0.2) is 11.1 Å². The van der Waals surface area contributed by atoms with Crippen molar-refractivity contribution in [1.29, 1.82) is 0 Å². The van der Waals surface area contributed by atoms with E-state index < -0.39 is 11.4 Å². The molecule has 1 fully saturated rings. The van der Waals surface area contributed by atoms with Crippen molar-refractivity contribution in [2.45, 2.75) is 45.4 Å². The molecular formula is C13H18O2S. The second-order valence-electron chi connectivity index (χ2n) is 5.29. The highest BCUT2D eigenvalue weighted by atomic mass is 32.1. The summed E-state index contributed by atoms with van der Waals surface area (Å²) in [5.41, 5.74) is -0.698. The van der Waals surface area contributed by atoms with Crippen molar-refractivity contribution in [3.63, 3.8) is 0 Å². The Morgan fingerprint density at radius 2 is 2.12 bits per heavy atom. The first-order valence-electron chi connectivity index (χ1n) is 5.76. The molecule has 1 unspecified atom stereocenters. The van der Waals surface area contributed by atoms with Gasteiger partial charge >= 0.3 is 5.97 Å². The van der Waals surface area contributed by atoms with E-state index in [1.54, 1.807) is 11.3 Å². The number of aliphatic carboxylic acids is 1. The number of rotatable bonds is 4. The monoisotopic (exact) mass is 238 g/mol. The van der Waals surface area contributed by atoms with Crippen LogP contribution in [0.25, 0.3) is 0 Å². The molecule has 1 aromatic heterocycles. The van der Waals surface area contributed by atoms with Gasteiger partial charge in [-0.05, 0) is 30.4 Å².